The molecular formula is C16H22ClNO. The number of ether oxygens (including phenoxy) is 1. The van der Waals surface area contributed by atoms with Crippen LogP contribution in [0.4, 0.5) is 0 Å². The van der Waals surface area contributed by atoms with Crippen molar-refractivity contribution in [3.8, 4) is 5.75 Å². The van der Waals surface area contributed by atoms with E-state index in [4.69, 9.17) is 22.1 Å². The Morgan fingerprint density at radius 1 is 1.21 bits per heavy atom. The predicted octanol–water partition coefficient (Wildman–Crippen LogP) is 4.25. The molecule has 0 aliphatic heterocycles. The lowest BCUT2D eigenvalue weighted by molar-refractivity contribution is 0.177. The lowest BCUT2D eigenvalue weighted by atomic mass is 9.86. The molecule has 0 bridgehead atoms. The van der Waals surface area contributed by atoms with Gasteiger partial charge in [-0.25, -0.2) is 0 Å². The van der Waals surface area contributed by atoms with Crippen molar-refractivity contribution in [3.05, 3.63) is 28.8 Å². The van der Waals surface area contributed by atoms with Gasteiger partial charge in [0.25, 0.3) is 0 Å². The second-order valence-corrected chi connectivity index (χ2v) is 6.55. The van der Waals surface area contributed by atoms with Crippen molar-refractivity contribution in [1.82, 2.24) is 0 Å². The number of rotatable bonds is 4. The van der Waals surface area contributed by atoms with Crippen molar-refractivity contribution in [1.29, 1.82) is 0 Å². The van der Waals surface area contributed by atoms with Crippen LogP contribution in [0.2, 0.25) is 5.02 Å². The predicted molar refractivity (Wildman–Crippen MR) is 78.6 cm³/mol. The molecule has 0 amide bonds. The average Bonchev–Trinajstić information content (AvgIpc) is 2.77. The molecule has 2 N–H and O–H groups in total. The van der Waals surface area contributed by atoms with E-state index in [9.17, 15) is 0 Å². The van der Waals surface area contributed by atoms with E-state index >= 15 is 0 Å². The largest absolute Gasteiger partial charge is 0.493 e. The Morgan fingerprint density at radius 2 is 1.95 bits per heavy atom. The maximum atomic E-state index is 6.56. The molecule has 0 aromatic heterocycles. The molecule has 104 valence electrons. The molecule has 2 aliphatic rings. The first-order valence-corrected chi connectivity index (χ1v) is 7.77. The van der Waals surface area contributed by atoms with Gasteiger partial charge in [0.1, 0.15) is 5.75 Å². The molecule has 2 saturated carbocycles. The van der Waals surface area contributed by atoms with Crippen LogP contribution in [-0.2, 0) is 5.54 Å². The maximum Gasteiger partial charge on any atom is 0.124 e. The summed E-state index contributed by atoms with van der Waals surface area (Å²) >= 11 is 6.15. The van der Waals surface area contributed by atoms with E-state index in [1.165, 1.54) is 32.1 Å². The topological polar surface area (TPSA) is 35.2 Å². The van der Waals surface area contributed by atoms with Crippen LogP contribution in [-0.4, -0.2) is 6.61 Å². The molecule has 3 heteroatoms. The molecule has 2 fully saturated rings. The fourth-order valence-electron chi connectivity index (χ4n) is 3.16. The Balaban J connectivity index is 1.81. The standard InChI is InChI=1S/C16H22ClNO/c17-13-6-7-15(19-11-12-4-3-5-12)14(10-13)16(18)8-1-2-9-16/h6-7,10,12H,1-5,8-9,11,18H2. The molecule has 0 radical (unpaired) electrons. The summed E-state index contributed by atoms with van der Waals surface area (Å²) in [6.45, 7) is 0.824. The summed E-state index contributed by atoms with van der Waals surface area (Å²) in [5.74, 6) is 1.68. The van der Waals surface area contributed by atoms with Gasteiger partial charge in [-0.3, -0.25) is 0 Å². The van der Waals surface area contributed by atoms with Crippen LogP contribution in [0.3, 0.4) is 0 Å². The number of nitrogens with two attached hydrogens (primary N) is 1. The van der Waals surface area contributed by atoms with Crippen molar-refractivity contribution in [3.63, 3.8) is 0 Å². The fourth-order valence-corrected chi connectivity index (χ4v) is 3.33. The summed E-state index contributed by atoms with van der Waals surface area (Å²) in [7, 11) is 0. The third kappa shape index (κ3) is 2.75. The number of benzene rings is 1. The van der Waals surface area contributed by atoms with Crippen LogP contribution >= 0.6 is 11.6 Å². The molecule has 1 aromatic rings. The third-order valence-corrected chi connectivity index (χ3v) is 4.91. The van der Waals surface area contributed by atoms with Crippen molar-refractivity contribution in [2.45, 2.75) is 50.5 Å². The second kappa shape index (κ2) is 5.34. The summed E-state index contributed by atoms with van der Waals surface area (Å²) in [5, 5.41) is 0.753. The third-order valence-electron chi connectivity index (χ3n) is 4.67. The molecule has 2 aliphatic carbocycles. The van der Waals surface area contributed by atoms with E-state index < -0.39 is 0 Å². The van der Waals surface area contributed by atoms with Crippen LogP contribution in [0.15, 0.2) is 18.2 Å². The highest BCUT2D eigenvalue weighted by Crippen LogP contribution is 2.42. The minimum absolute atomic E-state index is 0.236. The number of halogens is 1. The van der Waals surface area contributed by atoms with Crippen LogP contribution in [0.5, 0.6) is 5.75 Å². The first kappa shape index (κ1) is 13.3. The summed E-state index contributed by atoms with van der Waals surface area (Å²) in [4.78, 5) is 0. The van der Waals surface area contributed by atoms with Gasteiger partial charge in [0.05, 0.1) is 6.61 Å². The molecule has 0 unspecified atom stereocenters. The molecular weight excluding hydrogens is 258 g/mol. The van der Waals surface area contributed by atoms with Crippen molar-refractivity contribution >= 4 is 11.6 Å². The average molecular weight is 280 g/mol. The molecule has 19 heavy (non-hydrogen) atoms. The molecule has 0 atom stereocenters. The molecule has 2 nitrogen and oxygen atoms in total. The molecule has 3 rings (SSSR count). The van der Waals surface area contributed by atoms with Gasteiger partial charge in [0.2, 0.25) is 0 Å². The molecule has 0 saturated heterocycles. The summed E-state index contributed by atoms with van der Waals surface area (Å²) in [6.07, 6.45) is 8.42. The normalized spacial score (nSPS) is 22.2. The van der Waals surface area contributed by atoms with Gasteiger partial charge in [0.15, 0.2) is 0 Å². The maximum absolute atomic E-state index is 6.56. The highest BCUT2D eigenvalue weighted by molar-refractivity contribution is 6.30. The van der Waals surface area contributed by atoms with Crippen LogP contribution in [0, 0.1) is 5.92 Å². The zero-order chi connectivity index (χ0) is 13.3. The minimum Gasteiger partial charge on any atom is -0.493 e. The lowest BCUT2D eigenvalue weighted by Crippen LogP contribution is -2.34. The fraction of sp³-hybridized carbons (Fsp3) is 0.625. The molecule has 0 spiro atoms. The first-order chi connectivity index (χ1) is 9.17. The van der Waals surface area contributed by atoms with Crippen LogP contribution < -0.4 is 10.5 Å². The zero-order valence-corrected chi connectivity index (χ0v) is 12.1. The van der Waals surface area contributed by atoms with Gasteiger partial charge >= 0.3 is 0 Å². The highest BCUT2D eigenvalue weighted by Gasteiger charge is 2.34. The highest BCUT2D eigenvalue weighted by atomic mass is 35.5. The van der Waals surface area contributed by atoms with E-state index in [1.807, 2.05) is 18.2 Å². The smallest absolute Gasteiger partial charge is 0.124 e. The van der Waals surface area contributed by atoms with Crippen LogP contribution in [0.25, 0.3) is 0 Å². The summed E-state index contributed by atoms with van der Waals surface area (Å²) in [5.41, 5.74) is 7.44. The SMILES string of the molecule is NC1(c2cc(Cl)ccc2OCC2CCC2)CCCC1. The Bertz CT molecular complexity index is 450. The molecule has 1 aromatic carbocycles. The van der Waals surface area contributed by atoms with E-state index in [2.05, 4.69) is 0 Å². The van der Waals surface area contributed by atoms with Crippen molar-refractivity contribution in [2.24, 2.45) is 11.7 Å². The quantitative estimate of drug-likeness (QED) is 0.894. The second-order valence-electron chi connectivity index (χ2n) is 6.11. The van der Waals surface area contributed by atoms with Crippen LogP contribution in [0.1, 0.15) is 50.5 Å². The Hall–Kier alpha value is -0.730. The Morgan fingerprint density at radius 3 is 2.58 bits per heavy atom. The van der Waals surface area contributed by atoms with Gasteiger partial charge in [-0.05, 0) is 49.8 Å². The first-order valence-electron chi connectivity index (χ1n) is 7.39. The Kier molecular flexibility index (Phi) is 3.72. The monoisotopic (exact) mass is 279 g/mol. The van der Waals surface area contributed by atoms with Gasteiger partial charge in [0, 0.05) is 16.1 Å². The minimum atomic E-state index is -0.236. The van der Waals surface area contributed by atoms with E-state index in [1.54, 1.807) is 0 Å². The van der Waals surface area contributed by atoms with E-state index in [0.29, 0.717) is 0 Å². The van der Waals surface area contributed by atoms with Gasteiger partial charge in [-0.2, -0.15) is 0 Å². The van der Waals surface area contributed by atoms with Gasteiger partial charge in [-0.15, -0.1) is 0 Å². The summed E-state index contributed by atoms with van der Waals surface area (Å²) < 4.78 is 6.04. The number of hydrogen-bond donors (Lipinski definition) is 1. The van der Waals surface area contributed by atoms with Gasteiger partial charge in [-0.1, -0.05) is 30.9 Å². The van der Waals surface area contributed by atoms with Crippen molar-refractivity contribution < 1.29 is 4.74 Å². The van der Waals surface area contributed by atoms with E-state index in [-0.39, 0.29) is 5.54 Å². The Labute approximate surface area is 120 Å². The van der Waals surface area contributed by atoms with E-state index in [0.717, 1.165) is 41.7 Å². The zero-order valence-electron chi connectivity index (χ0n) is 11.3. The summed E-state index contributed by atoms with van der Waals surface area (Å²) in [6, 6.07) is 5.89. The van der Waals surface area contributed by atoms with Gasteiger partial charge < -0.3 is 10.5 Å². The molecule has 0 heterocycles. The lowest BCUT2D eigenvalue weighted by Gasteiger charge is -2.29. The number of hydrogen-bond acceptors (Lipinski definition) is 2. The van der Waals surface area contributed by atoms with Crippen molar-refractivity contribution in [2.75, 3.05) is 6.61 Å².